The predicted octanol–water partition coefficient (Wildman–Crippen LogP) is 2.39. The van der Waals surface area contributed by atoms with Crippen LogP contribution in [-0.2, 0) is 11.2 Å². The number of hydrogen-bond acceptors (Lipinski definition) is 2. The fourth-order valence-electron chi connectivity index (χ4n) is 2.72. The first kappa shape index (κ1) is 15.0. The summed E-state index contributed by atoms with van der Waals surface area (Å²) in [6.07, 6.45) is 4.43. The average molecular weight is 278 g/mol. The maximum absolute atomic E-state index is 13.1. The third-order valence-electron chi connectivity index (χ3n) is 4.00. The summed E-state index contributed by atoms with van der Waals surface area (Å²) < 4.78 is 13.1. The first-order valence-electron chi connectivity index (χ1n) is 7.35. The summed E-state index contributed by atoms with van der Waals surface area (Å²) in [4.78, 5) is 12.1. The molecule has 1 amide bonds. The summed E-state index contributed by atoms with van der Waals surface area (Å²) >= 11 is 0. The lowest BCUT2D eigenvalue weighted by Crippen LogP contribution is -2.42. The molecule has 0 aromatic heterocycles. The molecule has 1 aromatic carbocycles. The van der Waals surface area contributed by atoms with Crippen LogP contribution in [0.5, 0.6) is 0 Å². The number of carbonyl (C=O) groups excluding carboxylic acids is 1. The molecule has 0 spiro atoms. The third kappa shape index (κ3) is 4.30. The third-order valence-corrected chi connectivity index (χ3v) is 4.00. The molecule has 110 valence electrons. The maximum atomic E-state index is 13.1. The van der Waals surface area contributed by atoms with Gasteiger partial charge in [-0.2, -0.15) is 0 Å². The van der Waals surface area contributed by atoms with Crippen molar-refractivity contribution in [1.29, 1.82) is 0 Å². The van der Waals surface area contributed by atoms with Crippen molar-refractivity contribution in [1.82, 2.24) is 5.32 Å². The first-order chi connectivity index (χ1) is 9.54. The van der Waals surface area contributed by atoms with E-state index in [0.29, 0.717) is 6.42 Å². The maximum Gasteiger partial charge on any atom is 0.223 e. The highest BCUT2D eigenvalue weighted by atomic mass is 19.1. The van der Waals surface area contributed by atoms with Crippen LogP contribution in [0, 0.1) is 11.7 Å². The van der Waals surface area contributed by atoms with Crippen molar-refractivity contribution in [3.05, 3.63) is 35.6 Å². The van der Waals surface area contributed by atoms with Gasteiger partial charge in [-0.15, -0.1) is 0 Å². The van der Waals surface area contributed by atoms with E-state index >= 15 is 0 Å². The molecular formula is C16H23FN2O. The van der Waals surface area contributed by atoms with E-state index in [1.807, 2.05) is 13.0 Å². The molecule has 1 aliphatic rings. The fourth-order valence-corrected chi connectivity index (χ4v) is 2.72. The van der Waals surface area contributed by atoms with Gasteiger partial charge in [0, 0.05) is 18.0 Å². The number of amides is 1. The number of hydrogen-bond donors (Lipinski definition) is 2. The van der Waals surface area contributed by atoms with Crippen molar-refractivity contribution in [3.8, 4) is 0 Å². The van der Waals surface area contributed by atoms with Gasteiger partial charge < -0.3 is 11.1 Å². The summed E-state index contributed by atoms with van der Waals surface area (Å²) in [5, 5.41) is 3.09. The molecule has 20 heavy (non-hydrogen) atoms. The van der Waals surface area contributed by atoms with Crippen molar-refractivity contribution in [3.63, 3.8) is 0 Å². The summed E-state index contributed by atoms with van der Waals surface area (Å²) in [6, 6.07) is 6.97. The average Bonchev–Trinajstić information content (AvgIpc) is 2.41. The second-order valence-corrected chi connectivity index (χ2v) is 5.86. The van der Waals surface area contributed by atoms with E-state index in [2.05, 4.69) is 5.32 Å². The lowest BCUT2D eigenvalue weighted by Gasteiger charge is -2.27. The largest absolute Gasteiger partial charge is 0.353 e. The fraction of sp³-hybridized carbons (Fsp3) is 0.562. The summed E-state index contributed by atoms with van der Waals surface area (Å²) in [5.41, 5.74) is 6.72. The highest BCUT2D eigenvalue weighted by molar-refractivity contribution is 5.78. The topological polar surface area (TPSA) is 55.1 Å². The number of rotatable bonds is 4. The molecule has 3 nitrogen and oxygen atoms in total. The summed E-state index contributed by atoms with van der Waals surface area (Å²) in [5.74, 6) is -0.349. The van der Waals surface area contributed by atoms with Gasteiger partial charge in [-0.1, -0.05) is 19.1 Å². The number of carbonyl (C=O) groups is 1. The zero-order valence-electron chi connectivity index (χ0n) is 11.9. The van der Waals surface area contributed by atoms with Gasteiger partial charge in [0.25, 0.3) is 0 Å². The van der Waals surface area contributed by atoms with Gasteiger partial charge in [0.2, 0.25) is 5.91 Å². The van der Waals surface area contributed by atoms with E-state index in [0.717, 1.165) is 31.2 Å². The van der Waals surface area contributed by atoms with Crippen LogP contribution >= 0.6 is 0 Å². The Labute approximate surface area is 119 Å². The van der Waals surface area contributed by atoms with Gasteiger partial charge in [-0.05, 0) is 49.8 Å². The van der Waals surface area contributed by atoms with Gasteiger partial charge >= 0.3 is 0 Å². The summed E-state index contributed by atoms with van der Waals surface area (Å²) in [7, 11) is 0. The van der Waals surface area contributed by atoms with Crippen LogP contribution in [0.1, 0.15) is 38.2 Å². The first-order valence-corrected chi connectivity index (χ1v) is 7.35. The minimum atomic E-state index is -0.253. The Balaban J connectivity index is 1.83. The zero-order chi connectivity index (χ0) is 14.5. The Hall–Kier alpha value is -1.42. The van der Waals surface area contributed by atoms with Crippen molar-refractivity contribution >= 4 is 5.91 Å². The molecule has 0 radical (unpaired) electrons. The SMILES string of the molecule is CC(Cc1cccc(F)c1)C(=O)NC1CCC(N)CC1. The standard InChI is InChI=1S/C16H23FN2O/c1-11(9-12-3-2-4-13(17)10-12)16(20)19-15-7-5-14(18)6-8-15/h2-4,10-11,14-15H,5-9,18H2,1H3,(H,19,20). The van der Waals surface area contributed by atoms with E-state index in [1.54, 1.807) is 6.07 Å². The Morgan fingerprint density at radius 2 is 2.10 bits per heavy atom. The summed E-state index contributed by atoms with van der Waals surface area (Å²) in [6.45, 7) is 1.88. The number of nitrogens with one attached hydrogen (secondary N) is 1. The van der Waals surface area contributed by atoms with Gasteiger partial charge in [-0.3, -0.25) is 4.79 Å². The van der Waals surface area contributed by atoms with E-state index < -0.39 is 0 Å². The molecular weight excluding hydrogens is 255 g/mol. The van der Waals surface area contributed by atoms with E-state index in [1.165, 1.54) is 12.1 Å². The minimum absolute atomic E-state index is 0.0507. The number of benzene rings is 1. The van der Waals surface area contributed by atoms with Gasteiger partial charge in [0.1, 0.15) is 5.82 Å². The van der Waals surface area contributed by atoms with E-state index in [4.69, 9.17) is 5.73 Å². The molecule has 0 aliphatic heterocycles. The van der Waals surface area contributed by atoms with Crippen molar-refractivity contribution in [2.45, 2.75) is 51.1 Å². The second-order valence-electron chi connectivity index (χ2n) is 5.86. The molecule has 1 unspecified atom stereocenters. The van der Waals surface area contributed by atoms with E-state index in [9.17, 15) is 9.18 Å². The van der Waals surface area contributed by atoms with Crippen LogP contribution < -0.4 is 11.1 Å². The predicted molar refractivity (Wildman–Crippen MR) is 77.6 cm³/mol. The highest BCUT2D eigenvalue weighted by Crippen LogP contribution is 2.18. The van der Waals surface area contributed by atoms with Crippen LogP contribution in [0.25, 0.3) is 0 Å². The van der Waals surface area contributed by atoms with Crippen LogP contribution in [0.3, 0.4) is 0 Å². The quantitative estimate of drug-likeness (QED) is 0.888. The Kier molecular flexibility index (Phi) is 5.12. The van der Waals surface area contributed by atoms with Crippen molar-refractivity contribution < 1.29 is 9.18 Å². The van der Waals surface area contributed by atoms with Gasteiger partial charge in [0.05, 0.1) is 0 Å². The van der Waals surface area contributed by atoms with Gasteiger partial charge in [-0.25, -0.2) is 4.39 Å². The molecule has 4 heteroatoms. The number of halogens is 1. The Morgan fingerprint density at radius 1 is 1.40 bits per heavy atom. The molecule has 1 aliphatic carbocycles. The zero-order valence-corrected chi connectivity index (χ0v) is 11.9. The molecule has 1 saturated carbocycles. The lowest BCUT2D eigenvalue weighted by atomic mass is 9.91. The monoisotopic (exact) mass is 278 g/mol. The highest BCUT2D eigenvalue weighted by Gasteiger charge is 2.22. The van der Waals surface area contributed by atoms with Crippen LogP contribution in [0.2, 0.25) is 0 Å². The molecule has 1 atom stereocenters. The van der Waals surface area contributed by atoms with E-state index in [-0.39, 0.29) is 29.7 Å². The Morgan fingerprint density at radius 3 is 2.75 bits per heavy atom. The van der Waals surface area contributed by atoms with Crippen LogP contribution in [0.15, 0.2) is 24.3 Å². The van der Waals surface area contributed by atoms with Crippen molar-refractivity contribution in [2.75, 3.05) is 0 Å². The van der Waals surface area contributed by atoms with Gasteiger partial charge in [0.15, 0.2) is 0 Å². The molecule has 0 bridgehead atoms. The number of nitrogens with two attached hydrogens (primary N) is 1. The minimum Gasteiger partial charge on any atom is -0.353 e. The van der Waals surface area contributed by atoms with Crippen LogP contribution in [-0.4, -0.2) is 18.0 Å². The molecule has 2 rings (SSSR count). The molecule has 0 heterocycles. The van der Waals surface area contributed by atoms with Crippen LogP contribution in [0.4, 0.5) is 4.39 Å². The second kappa shape index (κ2) is 6.84. The molecule has 0 saturated heterocycles. The Bertz CT molecular complexity index is 456. The lowest BCUT2D eigenvalue weighted by molar-refractivity contribution is -0.125. The normalized spacial score (nSPS) is 24.1. The van der Waals surface area contributed by atoms with Crippen molar-refractivity contribution in [2.24, 2.45) is 11.7 Å². The molecule has 1 aromatic rings. The smallest absolute Gasteiger partial charge is 0.223 e. The molecule has 1 fully saturated rings. The molecule has 3 N–H and O–H groups in total.